The monoisotopic (exact) mass is 670 g/mol. The fraction of sp³-hybridized carbons (Fsp3) is 0.161. The summed E-state index contributed by atoms with van der Waals surface area (Å²) in [5, 5.41) is 2.58. The minimum Gasteiger partial charge on any atom is -0.493 e. The molecular weight excluding hydrogens is 643 g/mol. The number of nitrogens with zero attached hydrogens (tertiary/aromatic N) is 1. The largest absolute Gasteiger partial charge is 0.493 e. The number of carbonyl (C=O) groups is 2. The second kappa shape index (κ2) is 13.8. The molecule has 0 heterocycles. The van der Waals surface area contributed by atoms with Gasteiger partial charge in [0, 0.05) is 23.2 Å². The molecule has 4 rings (SSSR count). The van der Waals surface area contributed by atoms with Gasteiger partial charge in [0.1, 0.15) is 5.82 Å². The first-order valence-corrected chi connectivity index (χ1v) is 15.0. The molecule has 0 fully saturated rings. The molecule has 0 bridgehead atoms. The Bertz CT molecular complexity index is 1730. The summed E-state index contributed by atoms with van der Waals surface area (Å²) < 4.78 is 60.3. The molecule has 12 heteroatoms. The number of benzene rings is 4. The van der Waals surface area contributed by atoms with Gasteiger partial charge < -0.3 is 19.5 Å². The van der Waals surface area contributed by atoms with Crippen molar-refractivity contribution in [2.24, 2.45) is 0 Å². The number of ether oxygens (including phenoxy) is 3. The predicted molar refractivity (Wildman–Crippen MR) is 162 cm³/mol. The Kier molecular flexibility index (Phi) is 10.2. The van der Waals surface area contributed by atoms with Crippen molar-refractivity contribution in [1.82, 2.24) is 4.31 Å². The summed E-state index contributed by atoms with van der Waals surface area (Å²) in [4.78, 5) is 24.6. The van der Waals surface area contributed by atoms with E-state index >= 15 is 0 Å². The van der Waals surface area contributed by atoms with E-state index in [1.807, 2.05) is 0 Å². The van der Waals surface area contributed by atoms with Crippen LogP contribution in [0.2, 0.25) is 0 Å². The van der Waals surface area contributed by atoms with Crippen LogP contribution >= 0.6 is 15.9 Å². The molecule has 0 unspecified atom stereocenters. The first kappa shape index (κ1) is 31.7. The van der Waals surface area contributed by atoms with Crippen molar-refractivity contribution in [1.29, 1.82) is 0 Å². The van der Waals surface area contributed by atoms with E-state index in [9.17, 15) is 22.4 Å². The molecule has 0 aliphatic carbocycles. The van der Waals surface area contributed by atoms with E-state index in [0.717, 1.165) is 22.7 Å². The minimum absolute atomic E-state index is 0.0980. The summed E-state index contributed by atoms with van der Waals surface area (Å²) in [6.07, 6.45) is 0. The summed E-state index contributed by atoms with van der Waals surface area (Å²) >= 11 is 3.31. The Morgan fingerprint density at radius 1 is 0.814 bits per heavy atom. The zero-order valence-corrected chi connectivity index (χ0v) is 25.9. The number of amides is 1. The van der Waals surface area contributed by atoms with E-state index in [4.69, 9.17) is 14.2 Å². The fourth-order valence-electron chi connectivity index (χ4n) is 4.20. The Labute approximate surface area is 257 Å². The van der Waals surface area contributed by atoms with Crippen LogP contribution in [0.4, 0.5) is 10.1 Å². The lowest BCUT2D eigenvalue weighted by molar-refractivity contribution is 0.0600. The second-order valence-electron chi connectivity index (χ2n) is 9.25. The van der Waals surface area contributed by atoms with Crippen molar-refractivity contribution in [2.45, 2.75) is 18.0 Å². The molecule has 9 nitrogen and oxygen atoms in total. The number of hydrogen-bond donors (Lipinski definition) is 1. The van der Waals surface area contributed by atoms with Crippen molar-refractivity contribution in [2.75, 3.05) is 26.6 Å². The van der Waals surface area contributed by atoms with Gasteiger partial charge in [0.25, 0.3) is 5.91 Å². The third kappa shape index (κ3) is 7.58. The van der Waals surface area contributed by atoms with Gasteiger partial charge in [-0.2, -0.15) is 4.31 Å². The maximum atomic E-state index is 14.8. The third-order valence-corrected chi connectivity index (χ3v) is 8.78. The average molecular weight is 672 g/mol. The highest BCUT2D eigenvalue weighted by Crippen LogP contribution is 2.30. The van der Waals surface area contributed by atoms with Crippen LogP contribution < -0.4 is 14.8 Å². The van der Waals surface area contributed by atoms with Gasteiger partial charge in [-0.3, -0.25) is 4.79 Å². The molecule has 0 aliphatic rings. The maximum Gasteiger partial charge on any atom is 0.337 e. The summed E-state index contributed by atoms with van der Waals surface area (Å²) in [6, 6.07) is 21.0. The van der Waals surface area contributed by atoms with E-state index < -0.39 is 33.3 Å². The highest BCUT2D eigenvalue weighted by Gasteiger charge is 2.28. The molecule has 4 aromatic rings. The number of hydrogen-bond acceptors (Lipinski definition) is 7. The Morgan fingerprint density at radius 2 is 1.44 bits per heavy atom. The summed E-state index contributed by atoms with van der Waals surface area (Å²) in [7, 11) is -0.0687. The number of esters is 1. The van der Waals surface area contributed by atoms with E-state index in [1.54, 1.807) is 54.6 Å². The third-order valence-electron chi connectivity index (χ3n) is 6.46. The molecule has 43 heavy (non-hydrogen) atoms. The molecule has 0 aromatic heterocycles. The van der Waals surface area contributed by atoms with Crippen LogP contribution in [0, 0.1) is 5.82 Å². The average Bonchev–Trinajstić information content (AvgIpc) is 3.01. The first-order chi connectivity index (χ1) is 20.5. The lowest BCUT2D eigenvalue weighted by Crippen LogP contribution is -2.30. The lowest BCUT2D eigenvalue weighted by Gasteiger charge is -2.23. The van der Waals surface area contributed by atoms with Crippen LogP contribution in [-0.2, 0) is 27.8 Å². The van der Waals surface area contributed by atoms with E-state index in [-0.39, 0.29) is 18.0 Å². The van der Waals surface area contributed by atoms with Gasteiger partial charge in [0.2, 0.25) is 10.0 Å². The molecule has 0 saturated heterocycles. The molecule has 224 valence electrons. The smallest absolute Gasteiger partial charge is 0.337 e. The summed E-state index contributed by atoms with van der Waals surface area (Å²) in [6.45, 7) is -0.199. The van der Waals surface area contributed by atoms with Gasteiger partial charge in [-0.1, -0.05) is 34.1 Å². The zero-order valence-electron chi connectivity index (χ0n) is 23.5. The van der Waals surface area contributed by atoms with Crippen LogP contribution in [0.25, 0.3) is 0 Å². The fourth-order valence-corrected chi connectivity index (χ4v) is 5.90. The Morgan fingerprint density at radius 3 is 2.07 bits per heavy atom. The number of carbonyl (C=O) groups excluding carboxylic acids is 2. The lowest BCUT2D eigenvalue weighted by atomic mass is 10.1. The molecule has 0 radical (unpaired) electrons. The van der Waals surface area contributed by atoms with Gasteiger partial charge in [-0.15, -0.1) is 0 Å². The van der Waals surface area contributed by atoms with Gasteiger partial charge in [0.05, 0.1) is 37.4 Å². The number of anilines is 1. The normalized spacial score (nSPS) is 11.2. The number of nitrogens with one attached hydrogen (secondary N) is 1. The number of rotatable bonds is 11. The van der Waals surface area contributed by atoms with E-state index in [2.05, 4.69) is 21.2 Å². The molecule has 0 saturated carbocycles. The Balaban J connectivity index is 1.70. The summed E-state index contributed by atoms with van der Waals surface area (Å²) in [5.41, 5.74) is 1.44. The number of halogens is 2. The predicted octanol–water partition coefficient (Wildman–Crippen LogP) is 6.04. The van der Waals surface area contributed by atoms with Crippen LogP contribution in [0.3, 0.4) is 0 Å². The topological polar surface area (TPSA) is 111 Å². The second-order valence-corrected chi connectivity index (χ2v) is 12.1. The van der Waals surface area contributed by atoms with Gasteiger partial charge >= 0.3 is 5.97 Å². The molecule has 4 aromatic carbocycles. The van der Waals surface area contributed by atoms with Crippen molar-refractivity contribution < 1.29 is 36.6 Å². The van der Waals surface area contributed by atoms with E-state index in [1.165, 1.54) is 37.8 Å². The van der Waals surface area contributed by atoms with Crippen molar-refractivity contribution in [3.8, 4) is 11.5 Å². The Hall–Kier alpha value is -4.26. The molecule has 0 aliphatic heterocycles. The first-order valence-electron chi connectivity index (χ1n) is 12.8. The molecule has 0 spiro atoms. The van der Waals surface area contributed by atoms with Gasteiger partial charge in [-0.05, 0) is 77.9 Å². The van der Waals surface area contributed by atoms with Crippen molar-refractivity contribution in [3.05, 3.63) is 117 Å². The molecule has 1 N–H and O–H groups in total. The summed E-state index contributed by atoms with van der Waals surface area (Å²) in [5.74, 6) is -1.32. The highest BCUT2D eigenvalue weighted by atomic mass is 79.9. The number of sulfonamides is 1. The van der Waals surface area contributed by atoms with Crippen molar-refractivity contribution >= 4 is 43.5 Å². The standard InChI is InChI=1S/C31H28BrFN2O7S/c1-40-28-15-6-21(16-29(28)41-2)19-35(18-20-4-7-22(8-5-20)31(37)42-3)43(38,39)25-13-14-27(33)26(17-25)30(36)34-24-11-9-23(32)10-12-24/h4-17H,18-19H2,1-3H3,(H,34,36). The quantitative estimate of drug-likeness (QED) is 0.194. The van der Waals surface area contributed by atoms with Gasteiger partial charge in [-0.25, -0.2) is 17.6 Å². The number of methoxy groups -OCH3 is 3. The van der Waals surface area contributed by atoms with Crippen LogP contribution in [-0.4, -0.2) is 45.9 Å². The zero-order chi connectivity index (χ0) is 31.1. The highest BCUT2D eigenvalue weighted by molar-refractivity contribution is 9.10. The molecular formula is C31H28BrFN2O7S. The van der Waals surface area contributed by atoms with Crippen molar-refractivity contribution in [3.63, 3.8) is 0 Å². The van der Waals surface area contributed by atoms with Crippen LogP contribution in [0.5, 0.6) is 11.5 Å². The molecule has 0 atom stereocenters. The minimum atomic E-state index is -4.30. The molecule has 1 amide bonds. The maximum absolute atomic E-state index is 14.8. The van der Waals surface area contributed by atoms with Gasteiger partial charge in [0.15, 0.2) is 11.5 Å². The van der Waals surface area contributed by atoms with Crippen LogP contribution in [0.15, 0.2) is 94.3 Å². The SMILES string of the molecule is COC(=O)c1ccc(CN(Cc2ccc(OC)c(OC)c2)S(=O)(=O)c2ccc(F)c(C(=O)Nc3ccc(Br)cc3)c2)cc1. The van der Waals surface area contributed by atoms with Crippen LogP contribution in [0.1, 0.15) is 31.8 Å². The van der Waals surface area contributed by atoms with E-state index in [0.29, 0.717) is 33.9 Å².